The molecule has 2 aromatic rings. The van der Waals surface area contributed by atoms with E-state index in [9.17, 15) is 9.60 Å². The highest BCUT2D eigenvalue weighted by Crippen LogP contribution is 2.39. The van der Waals surface area contributed by atoms with Crippen LogP contribution >= 0.6 is 11.6 Å². The quantitative estimate of drug-likeness (QED) is 0.589. The van der Waals surface area contributed by atoms with Crippen molar-refractivity contribution in [3.05, 3.63) is 69.9 Å². The number of rotatable bonds is 1. The Kier molecular flexibility index (Phi) is 3.57. The highest BCUT2D eigenvalue weighted by Gasteiger charge is 2.28. The molecule has 0 amide bonds. The van der Waals surface area contributed by atoms with E-state index in [1.54, 1.807) is 18.2 Å². The summed E-state index contributed by atoms with van der Waals surface area (Å²) in [5.41, 5.74) is 1.32. The van der Waals surface area contributed by atoms with Crippen molar-refractivity contribution in [2.45, 2.75) is 13.8 Å². The zero-order valence-corrected chi connectivity index (χ0v) is 13.0. The number of pyridine rings is 1. The van der Waals surface area contributed by atoms with Crippen LogP contribution in [0.15, 0.2) is 42.6 Å². The molecule has 0 radical (unpaired) electrons. The first kappa shape index (κ1) is 14.9. The molecule has 1 aromatic heterocycles. The maximum atomic E-state index is 13.9. The maximum Gasteiger partial charge on any atom is 0.224 e. The molecule has 0 fully saturated rings. The predicted octanol–water partition coefficient (Wildman–Crippen LogP) is 3.96. The molecule has 0 saturated heterocycles. The molecule has 0 unspecified atom stereocenters. The summed E-state index contributed by atoms with van der Waals surface area (Å²) >= 11 is 5.85. The van der Waals surface area contributed by atoms with E-state index in [2.05, 4.69) is 0 Å². The molecule has 0 N–H and O–H groups in total. The monoisotopic (exact) mass is 319 g/mol. The number of aromatic nitrogens is 1. The second-order valence-electron chi connectivity index (χ2n) is 6.01. The topological polar surface area (TPSA) is 36.2 Å². The number of hydrogen-bond acceptors (Lipinski definition) is 2. The van der Waals surface area contributed by atoms with Crippen LogP contribution in [0.2, 0.25) is 5.02 Å². The van der Waals surface area contributed by atoms with Crippen molar-refractivity contribution in [1.29, 1.82) is 0 Å². The van der Waals surface area contributed by atoms with E-state index in [4.69, 9.17) is 16.3 Å². The molecule has 1 aliphatic heterocycles. The van der Waals surface area contributed by atoms with Crippen molar-refractivity contribution >= 4 is 17.2 Å². The first-order valence-corrected chi connectivity index (χ1v) is 7.29. The van der Waals surface area contributed by atoms with E-state index in [0.717, 1.165) is 4.73 Å². The van der Waals surface area contributed by atoms with Gasteiger partial charge in [-0.2, -0.15) is 4.73 Å². The van der Waals surface area contributed by atoms with E-state index in [0.29, 0.717) is 29.2 Å². The molecule has 5 heteroatoms. The SMILES string of the molecule is CC1(C)C=C(c2cccc[n+]2[O-])c2cc(F)c(Cl)cc2OC1. The third kappa shape index (κ3) is 2.66. The molecule has 0 bridgehead atoms. The zero-order valence-electron chi connectivity index (χ0n) is 12.3. The molecule has 3 nitrogen and oxygen atoms in total. The van der Waals surface area contributed by atoms with Crippen LogP contribution < -0.4 is 9.47 Å². The number of hydrogen-bond donors (Lipinski definition) is 0. The van der Waals surface area contributed by atoms with Gasteiger partial charge < -0.3 is 9.94 Å². The van der Waals surface area contributed by atoms with Crippen molar-refractivity contribution < 1.29 is 13.9 Å². The van der Waals surface area contributed by atoms with Crippen LogP contribution in [0, 0.1) is 16.4 Å². The molecule has 114 valence electrons. The number of halogens is 2. The van der Waals surface area contributed by atoms with Crippen molar-refractivity contribution in [1.82, 2.24) is 0 Å². The summed E-state index contributed by atoms with van der Waals surface area (Å²) in [6, 6.07) is 7.90. The number of ether oxygens (including phenoxy) is 1. The van der Waals surface area contributed by atoms with Gasteiger partial charge in [-0.1, -0.05) is 31.5 Å². The third-order valence-corrected chi connectivity index (χ3v) is 3.84. The van der Waals surface area contributed by atoms with Gasteiger partial charge in [-0.15, -0.1) is 0 Å². The summed E-state index contributed by atoms with van der Waals surface area (Å²) in [5.74, 6) is -0.0601. The average Bonchev–Trinajstić information content (AvgIpc) is 2.58. The average molecular weight is 320 g/mol. The maximum absolute atomic E-state index is 13.9. The lowest BCUT2D eigenvalue weighted by Gasteiger charge is -2.18. The van der Waals surface area contributed by atoms with Crippen LogP contribution in [0.3, 0.4) is 0 Å². The van der Waals surface area contributed by atoms with Crippen molar-refractivity contribution in [3.63, 3.8) is 0 Å². The van der Waals surface area contributed by atoms with E-state index >= 15 is 0 Å². The van der Waals surface area contributed by atoms with Gasteiger partial charge in [0.2, 0.25) is 5.69 Å². The summed E-state index contributed by atoms with van der Waals surface area (Å²) in [7, 11) is 0. The largest absolute Gasteiger partial charge is 0.618 e. The minimum atomic E-state index is -0.539. The van der Waals surface area contributed by atoms with E-state index < -0.39 is 5.82 Å². The van der Waals surface area contributed by atoms with Crippen molar-refractivity contribution in [2.24, 2.45) is 5.41 Å². The lowest BCUT2D eigenvalue weighted by atomic mass is 9.89. The number of nitrogens with zero attached hydrogens (tertiary/aromatic N) is 1. The standard InChI is InChI=1S/C17H15ClFNO2/c1-17(2)9-12(15-5-3-4-6-20(15)21)11-7-14(19)13(18)8-16(11)22-10-17/h3-9H,10H2,1-2H3. The summed E-state index contributed by atoms with van der Waals surface area (Å²) in [6.07, 6.45) is 3.36. The molecule has 0 aliphatic carbocycles. The Morgan fingerprint density at radius 1 is 1.32 bits per heavy atom. The van der Waals surface area contributed by atoms with E-state index in [1.807, 2.05) is 19.9 Å². The highest BCUT2D eigenvalue weighted by atomic mass is 35.5. The van der Waals surface area contributed by atoms with Crippen molar-refractivity contribution in [3.8, 4) is 5.75 Å². The van der Waals surface area contributed by atoms with Crippen LogP contribution in [0.25, 0.3) is 5.57 Å². The van der Waals surface area contributed by atoms with E-state index in [1.165, 1.54) is 18.3 Å². The summed E-state index contributed by atoms with van der Waals surface area (Å²) in [5, 5.41) is 12.1. The van der Waals surface area contributed by atoms with Crippen molar-refractivity contribution in [2.75, 3.05) is 6.61 Å². The van der Waals surface area contributed by atoms with Gasteiger partial charge in [-0.25, -0.2) is 4.39 Å². The Morgan fingerprint density at radius 3 is 2.82 bits per heavy atom. The molecule has 0 atom stereocenters. The minimum absolute atomic E-state index is 0.000804. The molecule has 0 spiro atoms. The molecule has 1 aliphatic rings. The van der Waals surface area contributed by atoms with Gasteiger partial charge in [0.25, 0.3) is 0 Å². The van der Waals surface area contributed by atoms with Gasteiger partial charge >= 0.3 is 0 Å². The summed E-state index contributed by atoms with van der Waals surface area (Å²) in [4.78, 5) is 0. The number of benzene rings is 1. The number of fused-ring (bicyclic) bond motifs is 1. The lowest BCUT2D eigenvalue weighted by Crippen LogP contribution is -2.30. The Bertz CT molecular complexity index is 771. The molecule has 22 heavy (non-hydrogen) atoms. The van der Waals surface area contributed by atoms with Gasteiger partial charge in [-0.05, 0) is 12.1 Å². The second kappa shape index (κ2) is 5.29. The summed E-state index contributed by atoms with van der Waals surface area (Å²) < 4.78 is 20.5. The van der Waals surface area contributed by atoms with Crippen LogP contribution in [0.5, 0.6) is 5.75 Å². The highest BCUT2D eigenvalue weighted by molar-refractivity contribution is 6.31. The minimum Gasteiger partial charge on any atom is -0.618 e. The summed E-state index contributed by atoms with van der Waals surface area (Å²) in [6.45, 7) is 4.40. The van der Waals surface area contributed by atoms with Crippen LogP contribution in [0.4, 0.5) is 4.39 Å². The fourth-order valence-electron chi connectivity index (χ4n) is 2.48. The Balaban J connectivity index is 2.28. The lowest BCUT2D eigenvalue weighted by molar-refractivity contribution is -0.607. The molecule has 1 aromatic carbocycles. The molecule has 2 heterocycles. The Morgan fingerprint density at radius 2 is 2.09 bits per heavy atom. The van der Waals surface area contributed by atoms with Gasteiger partial charge in [0.1, 0.15) is 11.6 Å². The fraction of sp³-hybridized carbons (Fsp3) is 0.235. The van der Waals surface area contributed by atoms with Gasteiger partial charge in [0.15, 0.2) is 6.20 Å². The van der Waals surface area contributed by atoms with E-state index in [-0.39, 0.29) is 10.4 Å². The van der Waals surface area contributed by atoms with Gasteiger partial charge in [-0.3, -0.25) is 0 Å². The molecule has 0 saturated carbocycles. The van der Waals surface area contributed by atoms with Crippen LogP contribution in [-0.2, 0) is 0 Å². The van der Waals surface area contributed by atoms with Gasteiger partial charge in [0.05, 0.1) is 17.2 Å². The molecular formula is C17H15ClFNO2. The van der Waals surface area contributed by atoms with Crippen LogP contribution in [0.1, 0.15) is 25.1 Å². The fourth-order valence-corrected chi connectivity index (χ4v) is 2.63. The second-order valence-corrected chi connectivity index (χ2v) is 6.42. The normalized spacial score (nSPS) is 16.3. The van der Waals surface area contributed by atoms with Crippen LogP contribution in [-0.4, -0.2) is 6.61 Å². The molecular weight excluding hydrogens is 305 g/mol. The van der Waals surface area contributed by atoms with Gasteiger partial charge in [0, 0.05) is 29.2 Å². The Labute approximate surface area is 133 Å². The zero-order chi connectivity index (χ0) is 15.9. The first-order valence-electron chi connectivity index (χ1n) is 6.91. The smallest absolute Gasteiger partial charge is 0.224 e. The molecule has 3 rings (SSSR count). The predicted molar refractivity (Wildman–Crippen MR) is 83.2 cm³/mol. The Hall–Kier alpha value is -2.07. The first-order chi connectivity index (χ1) is 10.4. The third-order valence-electron chi connectivity index (χ3n) is 3.55.